The topological polar surface area (TPSA) is 36.3 Å². The summed E-state index contributed by atoms with van der Waals surface area (Å²) >= 11 is 0. The van der Waals surface area contributed by atoms with Crippen LogP contribution in [0.15, 0.2) is 0 Å². The number of nitriles is 1. The fourth-order valence-corrected chi connectivity index (χ4v) is 2.41. The first-order chi connectivity index (χ1) is 6.90. The van der Waals surface area contributed by atoms with Gasteiger partial charge in [-0.2, -0.15) is 5.26 Å². The van der Waals surface area contributed by atoms with Crippen LogP contribution in [0.1, 0.15) is 25.7 Å². The van der Waals surface area contributed by atoms with E-state index in [-0.39, 0.29) is 6.04 Å². The molecule has 0 spiro atoms. The molecular formula is C11H18N2O. The molecule has 2 aliphatic heterocycles. The van der Waals surface area contributed by atoms with Crippen molar-refractivity contribution < 1.29 is 4.74 Å². The normalized spacial score (nSPS) is 34.2. The Hall–Kier alpha value is -0.590. The molecule has 3 heteroatoms. The first kappa shape index (κ1) is 9.95. The van der Waals surface area contributed by atoms with E-state index in [0.717, 1.165) is 32.7 Å². The number of hydrogen-bond acceptors (Lipinski definition) is 3. The smallest absolute Gasteiger partial charge is 0.0978 e. The van der Waals surface area contributed by atoms with Gasteiger partial charge in [-0.3, -0.25) is 4.90 Å². The predicted octanol–water partition coefficient (Wildman–Crippen LogP) is 1.40. The van der Waals surface area contributed by atoms with E-state index in [2.05, 4.69) is 11.0 Å². The molecule has 0 aromatic rings. The van der Waals surface area contributed by atoms with Gasteiger partial charge in [0.05, 0.1) is 18.7 Å². The van der Waals surface area contributed by atoms with Crippen molar-refractivity contribution in [2.45, 2.75) is 31.7 Å². The van der Waals surface area contributed by atoms with Gasteiger partial charge in [0.1, 0.15) is 0 Å². The van der Waals surface area contributed by atoms with E-state index in [1.165, 1.54) is 19.3 Å². The van der Waals surface area contributed by atoms with Gasteiger partial charge in [0.2, 0.25) is 0 Å². The van der Waals surface area contributed by atoms with Crippen LogP contribution < -0.4 is 0 Å². The Morgan fingerprint density at radius 1 is 1.36 bits per heavy atom. The second-order valence-electron chi connectivity index (χ2n) is 4.37. The van der Waals surface area contributed by atoms with E-state index in [1.807, 2.05) is 0 Å². The minimum atomic E-state index is 0.171. The maximum Gasteiger partial charge on any atom is 0.0978 e. The van der Waals surface area contributed by atoms with E-state index < -0.39 is 0 Å². The highest BCUT2D eigenvalue weighted by Gasteiger charge is 2.26. The minimum absolute atomic E-state index is 0.171. The molecule has 0 aliphatic carbocycles. The lowest BCUT2D eigenvalue weighted by atomic mass is 10.0. The molecule has 0 amide bonds. The van der Waals surface area contributed by atoms with Crippen molar-refractivity contribution in [2.75, 3.05) is 26.3 Å². The van der Waals surface area contributed by atoms with Gasteiger partial charge in [-0.05, 0) is 38.1 Å². The second kappa shape index (κ2) is 4.77. The zero-order chi connectivity index (χ0) is 9.80. The summed E-state index contributed by atoms with van der Waals surface area (Å²) in [5, 5.41) is 9.01. The molecule has 2 atom stereocenters. The zero-order valence-corrected chi connectivity index (χ0v) is 8.61. The highest BCUT2D eigenvalue weighted by Crippen LogP contribution is 2.21. The molecule has 0 radical (unpaired) electrons. The van der Waals surface area contributed by atoms with Crippen molar-refractivity contribution in [1.29, 1.82) is 5.26 Å². The molecule has 0 aromatic carbocycles. The van der Waals surface area contributed by atoms with Crippen molar-refractivity contribution in [3.8, 4) is 6.07 Å². The van der Waals surface area contributed by atoms with E-state index in [1.54, 1.807) is 0 Å². The van der Waals surface area contributed by atoms with Crippen molar-refractivity contribution in [2.24, 2.45) is 5.92 Å². The molecule has 2 unspecified atom stereocenters. The van der Waals surface area contributed by atoms with Gasteiger partial charge in [0.15, 0.2) is 0 Å². The molecule has 2 heterocycles. The molecule has 78 valence electrons. The first-order valence-electron chi connectivity index (χ1n) is 5.61. The highest BCUT2D eigenvalue weighted by atomic mass is 16.5. The van der Waals surface area contributed by atoms with Gasteiger partial charge < -0.3 is 4.74 Å². The predicted molar refractivity (Wildman–Crippen MR) is 53.8 cm³/mol. The Balaban J connectivity index is 1.84. The average Bonchev–Trinajstić information content (AvgIpc) is 2.71. The Labute approximate surface area is 85.6 Å². The molecule has 2 aliphatic rings. The van der Waals surface area contributed by atoms with Crippen LogP contribution in [-0.4, -0.2) is 37.2 Å². The number of hydrogen-bond donors (Lipinski definition) is 0. The van der Waals surface area contributed by atoms with E-state index >= 15 is 0 Å². The summed E-state index contributed by atoms with van der Waals surface area (Å²) in [7, 11) is 0. The number of piperidine rings is 1. The lowest BCUT2D eigenvalue weighted by Crippen LogP contribution is -2.41. The number of nitrogens with zero attached hydrogens (tertiary/aromatic N) is 2. The van der Waals surface area contributed by atoms with Crippen LogP contribution in [-0.2, 0) is 4.74 Å². The van der Waals surface area contributed by atoms with Gasteiger partial charge >= 0.3 is 0 Å². The van der Waals surface area contributed by atoms with Gasteiger partial charge in [-0.15, -0.1) is 0 Å². The fraction of sp³-hybridized carbons (Fsp3) is 0.909. The molecule has 2 fully saturated rings. The number of likely N-dealkylation sites (tertiary alicyclic amines) is 1. The molecule has 2 saturated heterocycles. The average molecular weight is 194 g/mol. The van der Waals surface area contributed by atoms with Gasteiger partial charge in [0, 0.05) is 13.2 Å². The monoisotopic (exact) mass is 194 g/mol. The van der Waals surface area contributed by atoms with Crippen molar-refractivity contribution in [3.63, 3.8) is 0 Å². The third kappa shape index (κ3) is 2.26. The minimum Gasteiger partial charge on any atom is -0.381 e. The molecule has 14 heavy (non-hydrogen) atoms. The molecule has 3 nitrogen and oxygen atoms in total. The quantitative estimate of drug-likeness (QED) is 0.666. The number of rotatable bonds is 2. The Morgan fingerprint density at radius 3 is 3.00 bits per heavy atom. The summed E-state index contributed by atoms with van der Waals surface area (Å²) in [5.41, 5.74) is 0. The van der Waals surface area contributed by atoms with Crippen LogP contribution >= 0.6 is 0 Å². The summed E-state index contributed by atoms with van der Waals surface area (Å²) in [6, 6.07) is 2.58. The summed E-state index contributed by atoms with van der Waals surface area (Å²) in [5.74, 6) is 0.670. The molecule has 2 rings (SSSR count). The standard InChI is InChI=1S/C11H18N2O/c12-7-11-3-1-2-5-13(11)8-10-4-6-14-9-10/h10-11H,1-6,8-9H2. The van der Waals surface area contributed by atoms with Crippen molar-refractivity contribution >= 4 is 0 Å². The molecule has 0 aromatic heterocycles. The molecule has 0 saturated carbocycles. The van der Waals surface area contributed by atoms with Crippen LogP contribution in [0.2, 0.25) is 0 Å². The number of ether oxygens (including phenoxy) is 1. The SMILES string of the molecule is N#CC1CCCCN1CC1CCOC1. The lowest BCUT2D eigenvalue weighted by molar-refractivity contribution is 0.137. The van der Waals surface area contributed by atoms with Crippen LogP contribution in [0, 0.1) is 17.2 Å². The first-order valence-corrected chi connectivity index (χ1v) is 5.61. The van der Waals surface area contributed by atoms with E-state index in [9.17, 15) is 0 Å². The maximum absolute atomic E-state index is 9.01. The summed E-state index contributed by atoms with van der Waals surface area (Å²) < 4.78 is 5.36. The summed E-state index contributed by atoms with van der Waals surface area (Å²) in [6.07, 6.45) is 4.71. The van der Waals surface area contributed by atoms with E-state index in [0.29, 0.717) is 5.92 Å². The van der Waals surface area contributed by atoms with Crippen LogP contribution in [0.25, 0.3) is 0 Å². The lowest BCUT2D eigenvalue weighted by Gasteiger charge is -2.32. The molecular weight excluding hydrogens is 176 g/mol. The molecule has 0 bridgehead atoms. The van der Waals surface area contributed by atoms with Crippen molar-refractivity contribution in [3.05, 3.63) is 0 Å². The van der Waals surface area contributed by atoms with Gasteiger partial charge in [0.25, 0.3) is 0 Å². The Bertz CT molecular complexity index is 218. The van der Waals surface area contributed by atoms with Gasteiger partial charge in [-0.25, -0.2) is 0 Å². The Morgan fingerprint density at radius 2 is 2.29 bits per heavy atom. The third-order valence-corrected chi connectivity index (χ3v) is 3.28. The largest absolute Gasteiger partial charge is 0.381 e. The van der Waals surface area contributed by atoms with Crippen LogP contribution in [0.5, 0.6) is 0 Å². The van der Waals surface area contributed by atoms with Gasteiger partial charge in [-0.1, -0.05) is 0 Å². The Kier molecular flexibility index (Phi) is 3.39. The highest BCUT2D eigenvalue weighted by molar-refractivity contribution is 4.94. The van der Waals surface area contributed by atoms with Crippen LogP contribution in [0.4, 0.5) is 0 Å². The third-order valence-electron chi connectivity index (χ3n) is 3.28. The van der Waals surface area contributed by atoms with Crippen LogP contribution in [0.3, 0.4) is 0 Å². The zero-order valence-electron chi connectivity index (χ0n) is 8.61. The fourth-order valence-electron chi connectivity index (χ4n) is 2.41. The van der Waals surface area contributed by atoms with Crippen molar-refractivity contribution in [1.82, 2.24) is 4.90 Å². The maximum atomic E-state index is 9.01. The summed E-state index contributed by atoms with van der Waals surface area (Å²) in [6.45, 7) is 3.98. The second-order valence-corrected chi connectivity index (χ2v) is 4.37. The van der Waals surface area contributed by atoms with E-state index in [4.69, 9.17) is 10.00 Å². The molecule has 0 N–H and O–H groups in total. The summed E-state index contributed by atoms with van der Waals surface area (Å²) in [4.78, 5) is 2.35.